The van der Waals surface area contributed by atoms with Crippen molar-refractivity contribution in [2.75, 3.05) is 11.9 Å². The highest BCUT2D eigenvalue weighted by atomic mass is 35.5. The SMILES string of the molecule is N#Cc1nc(-c2ccc(Cl)cc2)oc1NCCc1nc(-c2ccccc2)no1. The van der Waals surface area contributed by atoms with E-state index in [4.69, 9.17) is 20.5 Å². The summed E-state index contributed by atoms with van der Waals surface area (Å²) in [6.45, 7) is 0.445. The third kappa shape index (κ3) is 3.87. The lowest BCUT2D eigenvalue weighted by Crippen LogP contribution is -2.05. The smallest absolute Gasteiger partial charge is 0.232 e. The second-order valence-electron chi connectivity index (χ2n) is 5.87. The van der Waals surface area contributed by atoms with Crippen LogP contribution in [0, 0.1) is 11.3 Å². The molecule has 7 nitrogen and oxygen atoms in total. The van der Waals surface area contributed by atoms with Crippen molar-refractivity contribution in [2.24, 2.45) is 0 Å². The van der Waals surface area contributed by atoms with Gasteiger partial charge >= 0.3 is 0 Å². The molecule has 0 aliphatic rings. The van der Waals surface area contributed by atoms with Crippen molar-refractivity contribution in [3.63, 3.8) is 0 Å². The van der Waals surface area contributed by atoms with E-state index in [1.54, 1.807) is 24.3 Å². The molecule has 0 spiro atoms. The zero-order valence-corrected chi connectivity index (χ0v) is 15.3. The van der Waals surface area contributed by atoms with Crippen molar-refractivity contribution in [1.29, 1.82) is 5.26 Å². The standard InChI is InChI=1S/C20H14ClN5O2/c21-15-8-6-14(7-9-15)19-24-16(12-22)20(27-19)23-11-10-17-25-18(26-28-17)13-4-2-1-3-5-13/h1-9,23H,10-11H2. The molecule has 8 heteroatoms. The van der Waals surface area contributed by atoms with Gasteiger partial charge in [0.15, 0.2) is 0 Å². The molecule has 1 N–H and O–H groups in total. The van der Waals surface area contributed by atoms with E-state index in [1.165, 1.54) is 0 Å². The van der Waals surface area contributed by atoms with E-state index in [9.17, 15) is 5.26 Å². The molecule has 2 aromatic heterocycles. The van der Waals surface area contributed by atoms with E-state index in [0.29, 0.717) is 41.5 Å². The molecule has 0 unspecified atom stereocenters. The lowest BCUT2D eigenvalue weighted by atomic mass is 10.2. The summed E-state index contributed by atoms with van der Waals surface area (Å²) in [5, 5.41) is 17.0. The molecule has 0 bridgehead atoms. The maximum atomic E-state index is 9.29. The lowest BCUT2D eigenvalue weighted by Gasteiger charge is -2.00. The number of oxazole rings is 1. The molecule has 0 saturated carbocycles. The van der Waals surface area contributed by atoms with Crippen LogP contribution in [0.15, 0.2) is 63.5 Å². The largest absolute Gasteiger partial charge is 0.419 e. The van der Waals surface area contributed by atoms with E-state index < -0.39 is 0 Å². The van der Waals surface area contributed by atoms with Crippen LogP contribution < -0.4 is 5.32 Å². The Kier molecular flexibility index (Phi) is 5.04. The second-order valence-corrected chi connectivity index (χ2v) is 6.31. The van der Waals surface area contributed by atoms with E-state index in [1.807, 2.05) is 36.4 Å². The fourth-order valence-corrected chi connectivity index (χ4v) is 2.70. The number of hydrogen-bond acceptors (Lipinski definition) is 7. The Morgan fingerprint density at radius 1 is 1.00 bits per heavy atom. The molecular formula is C20H14ClN5O2. The maximum Gasteiger partial charge on any atom is 0.232 e. The summed E-state index contributed by atoms with van der Waals surface area (Å²) >= 11 is 5.89. The van der Waals surface area contributed by atoms with Crippen LogP contribution in [0.25, 0.3) is 22.8 Å². The summed E-state index contributed by atoms with van der Waals surface area (Å²) in [4.78, 5) is 8.59. The molecule has 0 atom stereocenters. The van der Waals surface area contributed by atoms with Gasteiger partial charge in [0, 0.05) is 29.1 Å². The predicted octanol–water partition coefficient (Wildman–Crippen LogP) is 4.57. The molecule has 138 valence electrons. The number of hydrogen-bond donors (Lipinski definition) is 1. The minimum absolute atomic E-state index is 0.181. The van der Waals surface area contributed by atoms with Gasteiger partial charge in [-0.1, -0.05) is 47.1 Å². The van der Waals surface area contributed by atoms with Crippen molar-refractivity contribution in [2.45, 2.75) is 6.42 Å². The Balaban J connectivity index is 1.42. The van der Waals surface area contributed by atoms with Crippen LogP contribution >= 0.6 is 11.6 Å². The van der Waals surface area contributed by atoms with E-state index >= 15 is 0 Å². The van der Waals surface area contributed by atoms with Gasteiger partial charge in [0.2, 0.25) is 29.2 Å². The summed E-state index contributed by atoms with van der Waals surface area (Å²) in [5.41, 5.74) is 1.80. The van der Waals surface area contributed by atoms with Gasteiger partial charge in [-0.2, -0.15) is 15.2 Å². The number of benzene rings is 2. The molecule has 0 aliphatic heterocycles. The first kappa shape index (κ1) is 17.8. The summed E-state index contributed by atoms with van der Waals surface area (Å²) in [6.07, 6.45) is 0.474. The first-order valence-corrected chi connectivity index (χ1v) is 8.89. The van der Waals surface area contributed by atoms with Crippen molar-refractivity contribution in [3.05, 3.63) is 71.2 Å². The fraction of sp³-hybridized carbons (Fsp3) is 0.100. The number of nitrogens with zero attached hydrogens (tertiary/aromatic N) is 4. The molecule has 0 amide bonds. The van der Waals surface area contributed by atoms with Gasteiger partial charge < -0.3 is 14.3 Å². The second kappa shape index (κ2) is 7.94. The Morgan fingerprint density at radius 3 is 2.54 bits per heavy atom. The quantitative estimate of drug-likeness (QED) is 0.513. The van der Waals surface area contributed by atoms with Crippen LogP contribution in [0.5, 0.6) is 0 Å². The fourth-order valence-electron chi connectivity index (χ4n) is 2.58. The number of anilines is 1. The van der Waals surface area contributed by atoms with Crippen molar-refractivity contribution >= 4 is 17.5 Å². The summed E-state index contributed by atoms with van der Waals surface area (Å²) in [5.74, 6) is 1.68. The highest BCUT2D eigenvalue weighted by molar-refractivity contribution is 6.30. The Morgan fingerprint density at radius 2 is 1.79 bits per heavy atom. The first-order chi connectivity index (χ1) is 13.7. The lowest BCUT2D eigenvalue weighted by molar-refractivity contribution is 0.381. The number of aromatic nitrogens is 3. The average molecular weight is 392 g/mol. The number of halogens is 1. The normalized spacial score (nSPS) is 10.6. The molecule has 28 heavy (non-hydrogen) atoms. The Bertz CT molecular complexity index is 1110. The first-order valence-electron chi connectivity index (χ1n) is 8.51. The van der Waals surface area contributed by atoms with Crippen molar-refractivity contribution in [3.8, 4) is 28.9 Å². The van der Waals surface area contributed by atoms with Gasteiger partial charge in [-0.05, 0) is 24.3 Å². The highest BCUT2D eigenvalue weighted by Crippen LogP contribution is 2.26. The van der Waals surface area contributed by atoms with Gasteiger partial charge in [-0.3, -0.25) is 0 Å². The van der Waals surface area contributed by atoms with Crippen LogP contribution in [-0.2, 0) is 6.42 Å². The van der Waals surface area contributed by atoms with Crippen LogP contribution in [0.3, 0.4) is 0 Å². The molecule has 0 radical (unpaired) electrons. The summed E-state index contributed by atoms with van der Waals surface area (Å²) in [7, 11) is 0. The number of nitrogens with one attached hydrogen (secondary N) is 1. The highest BCUT2D eigenvalue weighted by Gasteiger charge is 2.15. The Hall–Kier alpha value is -3.63. The average Bonchev–Trinajstić information content (AvgIpc) is 3.36. The minimum atomic E-state index is 0.181. The number of rotatable bonds is 6. The van der Waals surface area contributed by atoms with Gasteiger partial charge in [0.05, 0.1) is 0 Å². The zero-order chi connectivity index (χ0) is 19.3. The summed E-state index contributed by atoms with van der Waals surface area (Å²) in [6, 6.07) is 18.6. The van der Waals surface area contributed by atoms with Crippen LogP contribution in [0.2, 0.25) is 5.02 Å². The molecule has 4 aromatic rings. The van der Waals surface area contributed by atoms with E-state index in [-0.39, 0.29) is 5.69 Å². The molecule has 0 saturated heterocycles. The molecule has 2 aromatic carbocycles. The van der Waals surface area contributed by atoms with Gasteiger partial charge in [-0.25, -0.2) is 0 Å². The van der Waals surface area contributed by atoms with Crippen LogP contribution in [-0.4, -0.2) is 21.7 Å². The molecule has 0 aliphatic carbocycles. The van der Waals surface area contributed by atoms with Crippen molar-refractivity contribution < 1.29 is 8.94 Å². The molecule has 0 fully saturated rings. The monoisotopic (exact) mass is 391 g/mol. The zero-order valence-electron chi connectivity index (χ0n) is 14.6. The Labute approximate surface area is 165 Å². The molecule has 2 heterocycles. The van der Waals surface area contributed by atoms with Crippen molar-refractivity contribution in [1.82, 2.24) is 15.1 Å². The van der Waals surface area contributed by atoms with Crippen LogP contribution in [0.4, 0.5) is 5.88 Å². The molecular weight excluding hydrogens is 378 g/mol. The molecule has 4 rings (SSSR count). The van der Waals surface area contributed by atoms with E-state index in [2.05, 4.69) is 20.4 Å². The summed E-state index contributed by atoms with van der Waals surface area (Å²) < 4.78 is 11.0. The van der Waals surface area contributed by atoms with Gasteiger partial charge in [0.1, 0.15) is 6.07 Å². The van der Waals surface area contributed by atoms with Gasteiger partial charge in [0.25, 0.3) is 0 Å². The van der Waals surface area contributed by atoms with Crippen LogP contribution in [0.1, 0.15) is 11.6 Å². The third-order valence-corrected chi connectivity index (χ3v) is 4.20. The predicted molar refractivity (Wildman–Crippen MR) is 104 cm³/mol. The minimum Gasteiger partial charge on any atom is -0.419 e. The number of nitriles is 1. The topological polar surface area (TPSA) is 101 Å². The van der Waals surface area contributed by atoms with E-state index in [0.717, 1.165) is 11.1 Å². The van der Waals surface area contributed by atoms with Gasteiger partial charge in [-0.15, -0.1) is 0 Å². The maximum absolute atomic E-state index is 9.29. The third-order valence-electron chi connectivity index (χ3n) is 3.95.